The number of carbonyl (C=O) groups excluding carboxylic acids is 2. The van der Waals surface area contributed by atoms with Gasteiger partial charge in [0.25, 0.3) is 0 Å². The minimum Gasteiger partial charge on any atom is -0.444 e. The molecule has 2 rings (SSSR count). The van der Waals surface area contributed by atoms with Crippen LogP contribution in [0.25, 0.3) is 0 Å². The molecule has 24 heavy (non-hydrogen) atoms. The fraction of sp³-hybridized carbons (Fsp3) is 0.471. The first kappa shape index (κ1) is 18.1. The number of hydrogen-bond acceptors (Lipinski definition) is 4. The molecule has 1 aliphatic rings. The standard InChI is InChI=1S/C17H20ClN3O3/c1-17(2,3)24-16(23)21-9-7-14(21)15(22)20-13-5-4-11(6-8-19)10-12(13)18/h4-5,10,14H,6-7,9H2,1-3H3,(H,20,22)/t14-/m1/s1. The van der Waals surface area contributed by atoms with Gasteiger partial charge < -0.3 is 10.1 Å². The van der Waals surface area contributed by atoms with Crippen LogP contribution in [0.5, 0.6) is 0 Å². The van der Waals surface area contributed by atoms with E-state index in [2.05, 4.69) is 5.32 Å². The summed E-state index contributed by atoms with van der Waals surface area (Å²) in [6.45, 7) is 5.83. The van der Waals surface area contributed by atoms with Crippen LogP contribution >= 0.6 is 11.6 Å². The first-order chi connectivity index (χ1) is 11.2. The molecule has 1 aromatic carbocycles. The highest BCUT2D eigenvalue weighted by Gasteiger charge is 2.40. The molecule has 0 unspecified atom stereocenters. The molecule has 1 aliphatic heterocycles. The molecule has 1 aromatic rings. The molecule has 2 amide bonds. The minimum atomic E-state index is -0.604. The second kappa shape index (κ2) is 7.10. The van der Waals surface area contributed by atoms with E-state index in [0.29, 0.717) is 23.7 Å². The van der Waals surface area contributed by atoms with Crippen LogP contribution in [-0.4, -0.2) is 35.1 Å². The van der Waals surface area contributed by atoms with E-state index in [-0.39, 0.29) is 12.3 Å². The predicted octanol–water partition coefficient (Wildman–Crippen LogP) is 3.35. The van der Waals surface area contributed by atoms with Crippen LogP contribution in [0, 0.1) is 11.3 Å². The third-order valence-corrected chi connectivity index (χ3v) is 3.84. The van der Waals surface area contributed by atoms with E-state index < -0.39 is 17.7 Å². The summed E-state index contributed by atoms with van der Waals surface area (Å²) in [5.41, 5.74) is 0.632. The van der Waals surface area contributed by atoms with Gasteiger partial charge in [-0.05, 0) is 44.9 Å². The molecule has 128 valence electrons. The summed E-state index contributed by atoms with van der Waals surface area (Å²) in [7, 11) is 0. The third-order valence-electron chi connectivity index (χ3n) is 3.52. The van der Waals surface area contributed by atoms with E-state index in [1.54, 1.807) is 39.0 Å². The Kier molecular flexibility index (Phi) is 5.35. The van der Waals surface area contributed by atoms with Crippen molar-refractivity contribution in [2.75, 3.05) is 11.9 Å². The van der Waals surface area contributed by atoms with Gasteiger partial charge in [0.1, 0.15) is 11.6 Å². The SMILES string of the molecule is CC(C)(C)OC(=O)N1CC[C@@H]1C(=O)Nc1ccc(CC#N)cc1Cl. The second-order valence-corrected chi connectivity index (χ2v) is 7.02. The topological polar surface area (TPSA) is 82.4 Å². The molecule has 6 nitrogen and oxygen atoms in total. The molecule has 1 atom stereocenters. The summed E-state index contributed by atoms with van der Waals surface area (Å²) in [5, 5.41) is 11.8. The number of amides is 2. The van der Waals surface area contributed by atoms with Crippen LogP contribution in [0.4, 0.5) is 10.5 Å². The van der Waals surface area contributed by atoms with Gasteiger partial charge in [0.05, 0.1) is 23.2 Å². The fourth-order valence-corrected chi connectivity index (χ4v) is 2.53. The van der Waals surface area contributed by atoms with E-state index in [9.17, 15) is 9.59 Å². The molecule has 0 saturated carbocycles. The van der Waals surface area contributed by atoms with E-state index >= 15 is 0 Å². The number of hydrogen-bond donors (Lipinski definition) is 1. The van der Waals surface area contributed by atoms with Gasteiger partial charge in [0.15, 0.2) is 0 Å². The lowest BCUT2D eigenvalue weighted by Crippen LogP contribution is -2.57. The Bertz CT molecular complexity index is 691. The van der Waals surface area contributed by atoms with Crippen LogP contribution in [0.3, 0.4) is 0 Å². The number of ether oxygens (including phenoxy) is 1. The van der Waals surface area contributed by atoms with Crippen molar-refractivity contribution in [1.29, 1.82) is 5.26 Å². The van der Waals surface area contributed by atoms with Crippen LogP contribution in [0.2, 0.25) is 5.02 Å². The Hall–Kier alpha value is -2.26. The number of nitrogens with zero attached hydrogens (tertiary/aromatic N) is 2. The lowest BCUT2D eigenvalue weighted by molar-refractivity contribution is -0.125. The zero-order chi connectivity index (χ0) is 17.9. The number of anilines is 1. The van der Waals surface area contributed by atoms with Crippen LogP contribution < -0.4 is 5.32 Å². The van der Waals surface area contributed by atoms with Gasteiger partial charge in [-0.3, -0.25) is 9.69 Å². The molecule has 1 N–H and O–H groups in total. The zero-order valence-electron chi connectivity index (χ0n) is 13.9. The molecular weight excluding hydrogens is 330 g/mol. The van der Waals surface area contributed by atoms with Crippen molar-refractivity contribution < 1.29 is 14.3 Å². The molecular formula is C17H20ClN3O3. The summed E-state index contributed by atoms with van der Waals surface area (Å²) in [6, 6.07) is 6.52. The van der Waals surface area contributed by atoms with E-state index in [0.717, 1.165) is 5.56 Å². The minimum absolute atomic E-state index is 0.253. The van der Waals surface area contributed by atoms with Crippen molar-refractivity contribution in [2.24, 2.45) is 0 Å². The highest BCUT2D eigenvalue weighted by Crippen LogP contribution is 2.26. The third kappa shape index (κ3) is 4.39. The Labute approximate surface area is 146 Å². The normalized spacial score (nSPS) is 16.8. The first-order valence-corrected chi connectivity index (χ1v) is 8.05. The largest absolute Gasteiger partial charge is 0.444 e. The molecule has 0 spiro atoms. The van der Waals surface area contributed by atoms with Crippen LogP contribution in [0.1, 0.15) is 32.8 Å². The van der Waals surface area contributed by atoms with Gasteiger partial charge in [-0.15, -0.1) is 0 Å². The first-order valence-electron chi connectivity index (χ1n) is 7.67. The Morgan fingerprint density at radius 1 is 1.46 bits per heavy atom. The van der Waals surface area contributed by atoms with E-state index in [1.165, 1.54) is 4.90 Å². The maximum absolute atomic E-state index is 12.4. The molecule has 0 bridgehead atoms. The van der Waals surface area contributed by atoms with Gasteiger partial charge in [-0.1, -0.05) is 17.7 Å². The molecule has 0 aromatic heterocycles. The van der Waals surface area contributed by atoms with Gasteiger partial charge >= 0.3 is 6.09 Å². The predicted molar refractivity (Wildman–Crippen MR) is 90.7 cm³/mol. The number of carbonyl (C=O) groups is 2. The number of likely N-dealkylation sites (tertiary alicyclic amines) is 1. The summed E-state index contributed by atoms with van der Waals surface area (Å²) < 4.78 is 5.29. The smallest absolute Gasteiger partial charge is 0.410 e. The van der Waals surface area contributed by atoms with Crippen molar-refractivity contribution in [3.05, 3.63) is 28.8 Å². The number of rotatable bonds is 3. The maximum Gasteiger partial charge on any atom is 0.410 e. The summed E-state index contributed by atoms with van der Waals surface area (Å²) in [6.07, 6.45) is 0.336. The van der Waals surface area contributed by atoms with Crippen molar-refractivity contribution in [3.8, 4) is 6.07 Å². The zero-order valence-corrected chi connectivity index (χ0v) is 14.7. The van der Waals surface area contributed by atoms with E-state index in [4.69, 9.17) is 21.6 Å². The van der Waals surface area contributed by atoms with Crippen LogP contribution in [-0.2, 0) is 16.0 Å². The van der Waals surface area contributed by atoms with Gasteiger partial charge in [0.2, 0.25) is 5.91 Å². The van der Waals surface area contributed by atoms with Crippen molar-refractivity contribution >= 4 is 29.3 Å². The van der Waals surface area contributed by atoms with Crippen molar-refractivity contribution in [1.82, 2.24) is 4.90 Å². The van der Waals surface area contributed by atoms with Crippen molar-refractivity contribution in [3.63, 3.8) is 0 Å². The molecule has 1 saturated heterocycles. The summed E-state index contributed by atoms with van der Waals surface area (Å²) in [5.74, 6) is -0.304. The molecule has 0 aliphatic carbocycles. The fourth-order valence-electron chi connectivity index (χ4n) is 2.28. The van der Waals surface area contributed by atoms with Gasteiger partial charge in [-0.2, -0.15) is 5.26 Å². The van der Waals surface area contributed by atoms with Gasteiger partial charge in [0, 0.05) is 6.54 Å². The van der Waals surface area contributed by atoms with Crippen molar-refractivity contribution in [2.45, 2.75) is 45.3 Å². The summed E-state index contributed by atoms with van der Waals surface area (Å²) in [4.78, 5) is 25.8. The molecule has 1 heterocycles. The van der Waals surface area contributed by atoms with E-state index in [1.807, 2.05) is 6.07 Å². The average Bonchev–Trinajstić information content (AvgIpc) is 2.38. The Balaban J connectivity index is 2.00. The number of benzene rings is 1. The second-order valence-electron chi connectivity index (χ2n) is 6.62. The van der Waals surface area contributed by atoms with Crippen LogP contribution in [0.15, 0.2) is 18.2 Å². The lowest BCUT2D eigenvalue weighted by Gasteiger charge is -2.40. The number of nitrogens with one attached hydrogen (secondary N) is 1. The Morgan fingerprint density at radius 3 is 2.67 bits per heavy atom. The summed E-state index contributed by atoms with van der Waals surface area (Å²) >= 11 is 6.13. The molecule has 0 radical (unpaired) electrons. The number of nitriles is 1. The monoisotopic (exact) mass is 349 g/mol. The Morgan fingerprint density at radius 2 is 2.17 bits per heavy atom. The highest BCUT2D eigenvalue weighted by atomic mass is 35.5. The number of halogens is 1. The average molecular weight is 350 g/mol. The van der Waals surface area contributed by atoms with Gasteiger partial charge in [-0.25, -0.2) is 4.79 Å². The highest BCUT2D eigenvalue weighted by molar-refractivity contribution is 6.33. The lowest BCUT2D eigenvalue weighted by atomic mass is 10.0. The quantitative estimate of drug-likeness (QED) is 0.907. The maximum atomic E-state index is 12.4. The molecule has 7 heteroatoms. The molecule has 1 fully saturated rings.